The van der Waals surface area contributed by atoms with Gasteiger partial charge >= 0.3 is 0 Å². The van der Waals surface area contributed by atoms with E-state index in [1.807, 2.05) is 0 Å². The van der Waals surface area contributed by atoms with Crippen molar-refractivity contribution < 1.29 is 0 Å². The Morgan fingerprint density at radius 3 is 1.09 bits per heavy atom. The smallest absolute Gasteiger partial charge is 0.0542 e. The molecule has 4 heterocycles. The number of fused-ring (bicyclic) bond motifs is 18. The van der Waals surface area contributed by atoms with Crippen LogP contribution in [0.2, 0.25) is 0 Å². The molecule has 82 heavy (non-hydrogen) atoms. The highest BCUT2D eigenvalue weighted by Crippen LogP contribution is 2.60. The molecular formula is C78H56N4. The summed E-state index contributed by atoms with van der Waals surface area (Å²) < 4.78 is 4.94. The molecule has 0 spiro atoms. The first-order valence-corrected chi connectivity index (χ1v) is 28.8. The molecular weight excluding hydrogens is 993 g/mol. The summed E-state index contributed by atoms with van der Waals surface area (Å²) in [5, 5.41) is 4.95. The van der Waals surface area contributed by atoms with Crippen LogP contribution in [0, 0.1) is 0 Å². The lowest BCUT2D eigenvalue weighted by molar-refractivity contribution is 0.632. The van der Waals surface area contributed by atoms with Crippen molar-refractivity contribution in [1.29, 1.82) is 0 Å². The third-order valence-corrected chi connectivity index (χ3v) is 18.6. The topological polar surface area (TPSA) is 16.3 Å². The molecule has 14 aromatic rings. The van der Waals surface area contributed by atoms with Crippen molar-refractivity contribution in [3.8, 4) is 55.9 Å². The first-order valence-electron chi connectivity index (χ1n) is 28.8. The standard InChI is InChI=1S/C78H56N4/c1-77(2)66-33-17-22-38-74(66)80(50-25-9-6-10-26-50)76-48-63-59-43-51(82-71-36-20-15-31-58(71)64-44-52(40-42-72(64)82)81-69-34-18-13-29-56(69)57-30-14-19-35-70(57)81)39-41-55(59)61-46-68-75(47-62(61)54-28-12-11-27-53(54)60(63)45-67(76)77)79(49-23-7-5-8-24-49)73-37-21-16-32-65(73)78(68,3)4/h5-48H,1-4H3. The average Bonchev–Trinajstić information content (AvgIpc) is 2.39. The molecule has 1 aliphatic carbocycles. The Bertz CT molecular complexity index is 4910. The van der Waals surface area contributed by atoms with Crippen LogP contribution in [0.1, 0.15) is 49.9 Å². The average molecular weight is 1050 g/mol. The van der Waals surface area contributed by atoms with Gasteiger partial charge in [-0.25, -0.2) is 0 Å². The van der Waals surface area contributed by atoms with Gasteiger partial charge in [0.25, 0.3) is 0 Å². The van der Waals surface area contributed by atoms with Crippen LogP contribution in [0.5, 0.6) is 0 Å². The highest BCUT2D eigenvalue weighted by Gasteiger charge is 2.41. The van der Waals surface area contributed by atoms with Gasteiger partial charge in [-0.3, -0.25) is 0 Å². The van der Waals surface area contributed by atoms with Crippen LogP contribution < -0.4 is 9.80 Å². The van der Waals surface area contributed by atoms with Crippen LogP contribution in [0.4, 0.5) is 34.1 Å². The molecule has 2 aromatic heterocycles. The summed E-state index contributed by atoms with van der Waals surface area (Å²) in [5.74, 6) is 0. The van der Waals surface area contributed by atoms with E-state index in [9.17, 15) is 0 Å². The van der Waals surface area contributed by atoms with Crippen LogP contribution in [0.25, 0.3) is 99.5 Å². The lowest BCUT2D eigenvalue weighted by Gasteiger charge is -2.43. The first kappa shape index (κ1) is 46.7. The number of rotatable bonds is 4. The van der Waals surface area contributed by atoms with Gasteiger partial charge in [-0.2, -0.15) is 0 Å². The minimum atomic E-state index is -0.318. The maximum absolute atomic E-state index is 2.56. The number of para-hydroxylation sites is 7. The number of benzene rings is 12. The fourth-order valence-corrected chi connectivity index (χ4v) is 14.8. The van der Waals surface area contributed by atoms with Gasteiger partial charge in [0.1, 0.15) is 0 Å². The molecule has 0 bridgehead atoms. The molecule has 17 rings (SSSR count). The number of hydrogen-bond donors (Lipinski definition) is 0. The number of anilines is 6. The molecule has 0 saturated carbocycles. The SMILES string of the molecule is CC1(C)c2ccccc2N(c2ccccc2)c2cc3c(cc21)-c1ccc(-n2c4ccccc4c4cc(-n5c6ccccc6c6ccccc65)ccc42)cc1-c1cc2c(cc1-c1ccccc1-3)C(C)(C)c1ccccc1N2c1ccccc1. The molecule has 0 saturated heterocycles. The fourth-order valence-electron chi connectivity index (χ4n) is 14.8. The van der Waals surface area contributed by atoms with E-state index >= 15 is 0 Å². The van der Waals surface area contributed by atoms with Crippen molar-refractivity contribution >= 4 is 77.7 Å². The highest BCUT2D eigenvalue weighted by molar-refractivity contribution is 6.13. The van der Waals surface area contributed by atoms with Gasteiger partial charge in [0.15, 0.2) is 0 Å². The molecule has 0 atom stereocenters. The summed E-state index contributed by atoms with van der Waals surface area (Å²) in [6.45, 7) is 9.65. The fraction of sp³-hybridized carbons (Fsp3) is 0.0769. The zero-order chi connectivity index (χ0) is 54.6. The van der Waals surface area contributed by atoms with Gasteiger partial charge < -0.3 is 18.9 Å². The van der Waals surface area contributed by atoms with E-state index in [0.717, 1.165) is 28.3 Å². The summed E-state index contributed by atoms with van der Waals surface area (Å²) in [5.41, 5.74) is 28.4. The molecule has 4 nitrogen and oxygen atoms in total. The second-order valence-electron chi connectivity index (χ2n) is 23.7. The van der Waals surface area contributed by atoms with Gasteiger partial charge in [0.2, 0.25) is 0 Å². The summed E-state index contributed by atoms with van der Waals surface area (Å²) in [6, 6.07) is 100. The Hall–Kier alpha value is -10.2. The van der Waals surface area contributed by atoms with Gasteiger partial charge in [-0.05, 0) is 176 Å². The Kier molecular flexibility index (Phi) is 9.79. The lowest BCUT2D eigenvalue weighted by Crippen LogP contribution is -2.31. The second kappa shape index (κ2) is 17.2. The Morgan fingerprint density at radius 1 is 0.220 bits per heavy atom. The summed E-state index contributed by atoms with van der Waals surface area (Å²) in [4.78, 5) is 5.01. The molecule has 0 unspecified atom stereocenters. The van der Waals surface area contributed by atoms with Crippen molar-refractivity contribution in [1.82, 2.24) is 9.13 Å². The van der Waals surface area contributed by atoms with Crippen molar-refractivity contribution in [3.05, 3.63) is 289 Å². The molecule has 0 fully saturated rings. The minimum absolute atomic E-state index is 0.318. The van der Waals surface area contributed by atoms with Crippen LogP contribution in [-0.2, 0) is 10.8 Å². The van der Waals surface area contributed by atoms with Crippen molar-refractivity contribution in [2.24, 2.45) is 0 Å². The maximum atomic E-state index is 2.56. The number of nitrogens with zero attached hydrogens (tertiary/aromatic N) is 4. The Balaban J connectivity index is 0.969. The third kappa shape index (κ3) is 6.49. The lowest BCUT2D eigenvalue weighted by atomic mass is 9.69. The van der Waals surface area contributed by atoms with Gasteiger partial charge in [0.05, 0.1) is 44.8 Å². The number of aromatic nitrogens is 2. The Morgan fingerprint density at radius 2 is 0.573 bits per heavy atom. The van der Waals surface area contributed by atoms with Crippen molar-refractivity contribution in [2.45, 2.75) is 38.5 Å². The maximum Gasteiger partial charge on any atom is 0.0542 e. The largest absolute Gasteiger partial charge is 0.310 e. The van der Waals surface area contributed by atoms with Crippen molar-refractivity contribution in [3.63, 3.8) is 0 Å². The summed E-state index contributed by atoms with van der Waals surface area (Å²) in [7, 11) is 0. The van der Waals surface area contributed by atoms with Gasteiger partial charge in [-0.15, -0.1) is 0 Å². The van der Waals surface area contributed by atoms with Crippen molar-refractivity contribution in [2.75, 3.05) is 9.80 Å². The molecule has 0 radical (unpaired) electrons. The highest BCUT2D eigenvalue weighted by atomic mass is 15.2. The zero-order valence-corrected chi connectivity index (χ0v) is 46.2. The molecule has 3 aliphatic rings. The number of hydrogen-bond acceptors (Lipinski definition) is 2. The van der Waals surface area contributed by atoms with E-state index in [1.165, 1.54) is 128 Å². The molecule has 2 aliphatic heterocycles. The van der Waals surface area contributed by atoms with E-state index in [-0.39, 0.29) is 10.8 Å². The predicted octanol–water partition coefficient (Wildman–Crippen LogP) is 21.1. The molecule has 0 N–H and O–H groups in total. The summed E-state index contributed by atoms with van der Waals surface area (Å²) in [6.07, 6.45) is 0. The third-order valence-electron chi connectivity index (χ3n) is 18.6. The molecule has 12 aromatic carbocycles. The zero-order valence-electron chi connectivity index (χ0n) is 46.2. The quantitative estimate of drug-likeness (QED) is 0.175. The van der Waals surface area contributed by atoms with Gasteiger partial charge in [-0.1, -0.05) is 185 Å². The van der Waals surface area contributed by atoms with Gasteiger partial charge in [0, 0.05) is 55.1 Å². The van der Waals surface area contributed by atoms with Crippen LogP contribution >= 0.6 is 0 Å². The van der Waals surface area contributed by atoms with E-state index in [1.54, 1.807) is 0 Å². The first-order chi connectivity index (χ1) is 40.2. The summed E-state index contributed by atoms with van der Waals surface area (Å²) >= 11 is 0. The monoisotopic (exact) mass is 1050 g/mol. The minimum Gasteiger partial charge on any atom is -0.310 e. The second-order valence-corrected chi connectivity index (χ2v) is 23.7. The normalized spacial score (nSPS) is 14.2. The molecule has 388 valence electrons. The van der Waals surface area contributed by atoms with E-state index in [2.05, 4.69) is 314 Å². The van der Waals surface area contributed by atoms with E-state index in [4.69, 9.17) is 0 Å². The molecule has 0 amide bonds. The Labute approximate surface area is 477 Å². The molecule has 4 heteroatoms. The van der Waals surface area contributed by atoms with E-state index < -0.39 is 0 Å². The van der Waals surface area contributed by atoms with Crippen LogP contribution in [0.3, 0.4) is 0 Å². The van der Waals surface area contributed by atoms with E-state index in [0.29, 0.717) is 0 Å². The predicted molar refractivity (Wildman–Crippen MR) is 344 cm³/mol. The van der Waals surface area contributed by atoms with Crippen LogP contribution in [-0.4, -0.2) is 9.13 Å². The van der Waals surface area contributed by atoms with Crippen LogP contribution in [0.15, 0.2) is 267 Å².